The van der Waals surface area contributed by atoms with Crippen molar-refractivity contribution in [3.8, 4) is 0 Å². The van der Waals surface area contributed by atoms with E-state index in [9.17, 15) is 13.5 Å². The summed E-state index contributed by atoms with van der Waals surface area (Å²) in [6.45, 7) is 2.23. The molecule has 6 heteroatoms. The largest absolute Gasteiger partial charge is 0.392 e. The molecule has 0 bridgehead atoms. The first kappa shape index (κ1) is 22.8. The van der Waals surface area contributed by atoms with E-state index in [4.69, 9.17) is 4.55 Å². The molecule has 2 N–H and O–H groups in total. The Bertz CT molecular complexity index is 371. The van der Waals surface area contributed by atoms with Gasteiger partial charge in [-0.25, -0.2) is 0 Å². The molecule has 23 heavy (non-hydrogen) atoms. The molecule has 0 spiro atoms. The fourth-order valence-electron chi connectivity index (χ4n) is 2.90. The standard InChI is InChI=1S/C17H37NO4S/c1-4-5-6-7-8-9-10-11-12-13-16(18(2)3)14-17(19)15-23(20,21)22/h16-17,19H,4-15H2,1-3H3,(H,20,21,22). The summed E-state index contributed by atoms with van der Waals surface area (Å²) in [5.74, 6) is -0.574. The molecule has 0 rings (SSSR count). The molecule has 0 aromatic rings. The monoisotopic (exact) mass is 351 g/mol. The van der Waals surface area contributed by atoms with E-state index in [0.717, 1.165) is 12.8 Å². The topological polar surface area (TPSA) is 77.8 Å². The van der Waals surface area contributed by atoms with Crippen molar-refractivity contribution in [2.24, 2.45) is 0 Å². The summed E-state index contributed by atoms with van der Waals surface area (Å²) in [5.41, 5.74) is 0. The Labute approximate surface area is 143 Å². The lowest BCUT2D eigenvalue weighted by molar-refractivity contribution is 0.133. The molecule has 0 saturated carbocycles. The quantitative estimate of drug-likeness (QED) is 0.349. The van der Waals surface area contributed by atoms with Crippen molar-refractivity contribution in [3.63, 3.8) is 0 Å². The fraction of sp³-hybridized carbons (Fsp3) is 1.00. The Kier molecular flexibility index (Phi) is 13.1. The van der Waals surface area contributed by atoms with Crippen LogP contribution in [0.15, 0.2) is 0 Å². The lowest BCUT2D eigenvalue weighted by atomic mass is 10.0. The average Bonchev–Trinajstić information content (AvgIpc) is 2.42. The Morgan fingerprint density at radius 1 is 0.913 bits per heavy atom. The molecule has 0 aliphatic carbocycles. The van der Waals surface area contributed by atoms with Crippen molar-refractivity contribution >= 4 is 10.1 Å². The van der Waals surface area contributed by atoms with Gasteiger partial charge in [0.1, 0.15) is 5.75 Å². The van der Waals surface area contributed by atoms with Crippen LogP contribution in [0.4, 0.5) is 0 Å². The first-order valence-electron chi connectivity index (χ1n) is 9.06. The van der Waals surface area contributed by atoms with E-state index in [-0.39, 0.29) is 6.04 Å². The maximum Gasteiger partial charge on any atom is 0.267 e. The number of rotatable bonds is 15. The minimum atomic E-state index is -4.11. The molecule has 0 aromatic carbocycles. The molecule has 5 nitrogen and oxygen atoms in total. The Hall–Kier alpha value is -0.170. The molecule has 0 amide bonds. The highest BCUT2D eigenvalue weighted by atomic mass is 32.2. The zero-order valence-electron chi connectivity index (χ0n) is 15.2. The molecule has 0 aliphatic rings. The summed E-state index contributed by atoms with van der Waals surface area (Å²) in [5, 5.41) is 9.78. The van der Waals surface area contributed by atoms with Gasteiger partial charge in [0.2, 0.25) is 0 Å². The Morgan fingerprint density at radius 3 is 1.83 bits per heavy atom. The Balaban J connectivity index is 3.80. The van der Waals surface area contributed by atoms with Crippen LogP contribution in [-0.2, 0) is 10.1 Å². The van der Waals surface area contributed by atoms with Crippen molar-refractivity contribution in [1.82, 2.24) is 4.90 Å². The summed E-state index contributed by atoms with van der Waals surface area (Å²) in [7, 11) is -0.219. The number of aliphatic hydroxyl groups excluding tert-OH is 1. The molecular weight excluding hydrogens is 314 g/mol. The molecule has 0 fully saturated rings. The van der Waals surface area contributed by atoms with E-state index in [0.29, 0.717) is 6.42 Å². The second kappa shape index (κ2) is 13.2. The van der Waals surface area contributed by atoms with Gasteiger partial charge in [-0.3, -0.25) is 4.55 Å². The van der Waals surface area contributed by atoms with Crippen LogP contribution in [0.2, 0.25) is 0 Å². The van der Waals surface area contributed by atoms with E-state index < -0.39 is 22.0 Å². The normalized spacial score (nSPS) is 15.0. The van der Waals surface area contributed by atoms with Crippen LogP contribution in [0.1, 0.15) is 77.6 Å². The van der Waals surface area contributed by atoms with Crippen LogP contribution >= 0.6 is 0 Å². The first-order valence-corrected chi connectivity index (χ1v) is 10.7. The van der Waals surface area contributed by atoms with Crippen molar-refractivity contribution in [2.45, 2.75) is 89.7 Å². The highest BCUT2D eigenvalue weighted by Gasteiger charge is 2.20. The molecule has 2 unspecified atom stereocenters. The lowest BCUT2D eigenvalue weighted by Gasteiger charge is -2.26. The molecular formula is C17H37NO4S. The zero-order chi connectivity index (χ0) is 17.7. The smallest absolute Gasteiger partial charge is 0.267 e. The van der Waals surface area contributed by atoms with E-state index in [2.05, 4.69) is 6.92 Å². The highest BCUT2D eigenvalue weighted by molar-refractivity contribution is 7.85. The number of nitrogens with zero attached hydrogens (tertiary/aromatic N) is 1. The maximum atomic E-state index is 10.8. The minimum absolute atomic E-state index is 0.149. The van der Waals surface area contributed by atoms with Crippen LogP contribution in [0, 0.1) is 0 Å². The summed E-state index contributed by atoms with van der Waals surface area (Å²) >= 11 is 0. The van der Waals surface area contributed by atoms with Crippen molar-refractivity contribution in [1.29, 1.82) is 0 Å². The highest BCUT2D eigenvalue weighted by Crippen LogP contribution is 2.16. The number of hydrogen-bond donors (Lipinski definition) is 2. The zero-order valence-corrected chi connectivity index (χ0v) is 16.0. The van der Waals surface area contributed by atoms with Gasteiger partial charge in [0.15, 0.2) is 0 Å². The second-order valence-electron chi connectivity index (χ2n) is 6.87. The van der Waals surface area contributed by atoms with Gasteiger partial charge in [0.25, 0.3) is 10.1 Å². The predicted octanol–water partition coefficient (Wildman–Crippen LogP) is 3.48. The molecule has 0 radical (unpaired) electrons. The molecule has 2 atom stereocenters. The molecule has 0 heterocycles. The van der Waals surface area contributed by atoms with Gasteiger partial charge < -0.3 is 10.0 Å². The predicted molar refractivity (Wildman–Crippen MR) is 96.4 cm³/mol. The number of aliphatic hydroxyl groups is 1. The lowest BCUT2D eigenvalue weighted by Crippen LogP contribution is -2.34. The second-order valence-corrected chi connectivity index (χ2v) is 8.37. The number of unbranched alkanes of at least 4 members (excludes halogenated alkanes) is 8. The fourth-order valence-corrected chi connectivity index (χ4v) is 3.53. The van der Waals surface area contributed by atoms with E-state index in [1.54, 1.807) is 0 Å². The first-order chi connectivity index (χ1) is 10.8. The third-order valence-electron chi connectivity index (χ3n) is 4.32. The van der Waals surface area contributed by atoms with Gasteiger partial charge in [0, 0.05) is 6.04 Å². The van der Waals surface area contributed by atoms with Gasteiger partial charge in [-0.1, -0.05) is 64.7 Å². The van der Waals surface area contributed by atoms with Crippen LogP contribution in [0.25, 0.3) is 0 Å². The average molecular weight is 352 g/mol. The third-order valence-corrected chi connectivity index (χ3v) is 5.12. The van der Waals surface area contributed by atoms with Gasteiger partial charge >= 0.3 is 0 Å². The van der Waals surface area contributed by atoms with Gasteiger partial charge in [-0.15, -0.1) is 0 Å². The van der Waals surface area contributed by atoms with Crippen molar-refractivity contribution < 1.29 is 18.1 Å². The van der Waals surface area contributed by atoms with E-state index >= 15 is 0 Å². The summed E-state index contributed by atoms with van der Waals surface area (Å²) < 4.78 is 30.4. The maximum absolute atomic E-state index is 10.8. The molecule has 0 aromatic heterocycles. The summed E-state index contributed by atoms with van der Waals surface area (Å²) in [4.78, 5) is 2.03. The summed E-state index contributed by atoms with van der Waals surface area (Å²) in [6.07, 6.45) is 11.8. The summed E-state index contributed by atoms with van der Waals surface area (Å²) in [6, 6.07) is 0.149. The van der Waals surface area contributed by atoms with Gasteiger partial charge in [-0.2, -0.15) is 8.42 Å². The van der Waals surface area contributed by atoms with Gasteiger partial charge in [0.05, 0.1) is 6.10 Å². The van der Waals surface area contributed by atoms with Crippen LogP contribution in [-0.4, -0.2) is 55.0 Å². The minimum Gasteiger partial charge on any atom is -0.392 e. The molecule has 140 valence electrons. The van der Waals surface area contributed by atoms with E-state index in [1.807, 2.05) is 19.0 Å². The van der Waals surface area contributed by atoms with Crippen molar-refractivity contribution in [3.05, 3.63) is 0 Å². The van der Waals surface area contributed by atoms with E-state index in [1.165, 1.54) is 51.4 Å². The van der Waals surface area contributed by atoms with Crippen LogP contribution in [0.3, 0.4) is 0 Å². The molecule has 0 aliphatic heterocycles. The number of hydrogen-bond acceptors (Lipinski definition) is 4. The van der Waals surface area contributed by atoms with Crippen LogP contribution in [0.5, 0.6) is 0 Å². The van der Waals surface area contributed by atoms with Crippen molar-refractivity contribution in [2.75, 3.05) is 19.8 Å². The van der Waals surface area contributed by atoms with Gasteiger partial charge in [-0.05, 0) is 26.9 Å². The SMILES string of the molecule is CCCCCCCCCCCC(CC(O)CS(=O)(=O)O)N(C)C. The Morgan fingerprint density at radius 2 is 1.39 bits per heavy atom. The van der Waals surface area contributed by atoms with Crippen LogP contribution < -0.4 is 0 Å². The molecule has 0 saturated heterocycles. The third kappa shape index (κ3) is 15.1.